The van der Waals surface area contributed by atoms with Gasteiger partial charge in [0.1, 0.15) is 12.1 Å². The molecule has 3 aromatic carbocycles. The summed E-state index contributed by atoms with van der Waals surface area (Å²) in [6.45, 7) is 0. The molecule has 41 heavy (non-hydrogen) atoms. The van der Waals surface area contributed by atoms with Crippen molar-refractivity contribution in [2.45, 2.75) is 36.7 Å². The molecule has 0 aliphatic rings. The first-order chi connectivity index (χ1) is 20.1. The van der Waals surface area contributed by atoms with Gasteiger partial charge in [-0.1, -0.05) is 72.8 Å². The summed E-state index contributed by atoms with van der Waals surface area (Å²) in [6.07, 6.45) is -0.605. The molecule has 212 valence electrons. The van der Waals surface area contributed by atoms with Crippen LogP contribution in [0.3, 0.4) is 0 Å². The van der Waals surface area contributed by atoms with Crippen molar-refractivity contribution in [2.24, 2.45) is 5.73 Å². The van der Waals surface area contributed by atoms with Crippen LogP contribution in [0.15, 0.2) is 78.9 Å². The van der Waals surface area contributed by atoms with Gasteiger partial charge >= 0.3 is 11.9 Å². The number of hydrogen-bond acceptors (Lipinski definition) is 7. The third-order valence-corrected chi connectivity index (χ3v) is 7.20. The van der Waals surface area contributed by atoms with Crippen molar-refractivity contribution in [3.8, 4) is 17.2 Å². The summed E-state index contributed by atoms with van der Waals surface area (Å²) in [5.41, 5.74) is 8.89. The molecular weight excluding hydrogens is 544 g/mol. The van der Waals surface area contributed by atoms with Crippen molar-refractivity contribution < 1.29 is 30.8 Å². The monoisotopic (exact) mass is 575 g/mol. The van der Waals surface area contributed by atoms with Crippen LogP contribution in [-0.4, -0.2) is 51.8 Å². The van der Waals surface area contributed by atoms with Crippen LogP contribution in [0.5, 0.6) is 0 Å². The molecule has 0 saturated carbocycles. The summed E-state index contributed by atoms with van der Waals surface area (Å²) in [7, 11) is 0. The molecule has 10 nitrogen and oxygen atoms in total. The number of carbonyl (C=O) groups is 4. The zero-order valence-corrected chi connectivity index (χ0v) is 22.8. The molecule has 3 rings (SSSR count). The Balaban J connectivity index is 1.73. The Bertz CT molecular complexity index is 1450. The van der Waals surface area contributed by atoms with Crippen molar-refractivity contribution in [3.05, 3.63) is 95.6 Å². The zero-order valence-electron chi connectivity index (χ0n) is 23.0. The number of aliphatic carboxylic acids is 2. The van der Waals surface area contributed by atoms with Gasteiger partial charge < -0.3 is 26.6 Å². The van der Waals surface area contributed by atoms with Crippen LogP contribution in [-0.2, 0) is 24.9 Å². The number of nitrogens with one attached hydrogen (secondary N) is 2. The van der Waals surface area contributed by atoms with Crippen LogP contribution in [0, 0.1) is 11.3 Å². The SMILES string of the molecule is [2H]N(C(=O)CC[C@H](N)C(=O)O)[C@@H](CSCc1ccc(-c2ccccc2C#N)cc1)C(=O)NC(C(=O)O)c1ccccc1. The number of hydrogen-bond donors (Lipinski definition) is 5. The van der Waals surface area contributed by atoms with E-state index in [4.69, 9.17) is 12.3 Å². The molecule has 0 heterocycles. The second-order valence-corrected chi connectivity index (χ2v) is 10.1. The Morgan fingerprint density at radius 2 is 1.61 bits per heavy atom. The highest BCUT2D eigenvalue weighted by Crippen LogP contribution is 2.25. The predicted octanol–water partition coefficient (Wildman–Crippen LogP) is 3.08. The fourth-order valence-electron chi connectivity index (χ4n) is 3.89. The standard InChI is InChI=1S/C30H30N4O6S/c31-16-22-8-4-5-9-23(22)20-12-10-19(11-13-20)17-41-18-25(33-26(35)15-14-24(32)29(37)38)28(36)34-27(30(39)40)21-6-2-1-3-7-21/h1-13,24-25,27H,14-15,17-18,32H2,(H,33,35)(H,34,36)(H,37,38)(H,39,40)/t24-,25-,27?/m0/s1/i/hD. The first-order valence-electron chi connectivity index (χ1n) is 13.1. The second-order valence-electron chi connectivity index (χ2n) is 9.08. The molecule has 3 atom stereocenters. The zero-order chi connectivity index (χ0) is 30.6. The van der Waals surface area contributed by atoms with Gasteiger partial charge in [-0.25, -0.2) is 4.79 Å². The summed E-state index contributed by atoms with van der Waals surface area (Å²) in [5.74, 6) is -3.89. The highest BCUT2D eigenvalue weighted by atomic mass is 32.2. The molecule has 0 fully saturated rings. The van der Waals surface area contributed by atoms with Crippen molar-refractivity contribution in [1.82, 2.24) is 10.6 Å². The molecule has 0 bridgehead atoms. The average Bonchev–Trinajstić information content (AvgIpc) is 3.00. The molecule has 0 aliphatic carbocycles. The van der Waals surface area contributed by atoms with Crippen LogP contribution in [0.4, 0.5) is 0 Å². The van der Waals surface area contributed by atoms with Gasteiger partial charge in [0, 0.05) is 17.9 Å². The van der Waals surface area contributed by atoms with Gasteiger partial charge in [0.2, 0.25) is 11.8 Å². The number of benzene rings is 3. The topological polar surface area (TPSA) is 183 Å². The van der Waals surface area contributed by atoms with Crippen LogP contribution in [0.1, 0.15) is 35.6 Å². The fraction of sp³-hybridized carbons (Fsp3) is 0.233. The molecular formula is C30H30N4O6S. The summed E-state index contributed by atoms with van der Waals surface area (Å²) < 4.78 is 8.37. The van der Waals surface area contributed by atoms with E-state index in [1.54, 1.807) is 42.5 Å². The van der Waals surface area contributed by atoms with E-state index in [0.717, 1.165) is 16.7 Å². The van der Waals surface area contributed by atoms with E-state index in [0.29, 0.717) is 22.2 Å². The van der Waals surface area contributed by atoms with E-state index in [1.807, 2.05) is 36.4 Å². The van der Waals surface area contributed by atoms with E-state index in [2.05, 4.69) is 11.4 Å². The lowest BCUT2D eigenvalue weighted by Gasteiger charge is -2.22. The molecule has 2 amide bonds. The van der Waals surface area contributed by atoms with Crippen LogP contribution in [0.25, 0.3) is 11.1 Å². The molecule has 11 heteroatoms. The quantitative estimate of drug-likeness (QED) is 0.193. The Hall–Kier alpha value is -4.66. The number of rotatable bonds is 14. The number of nitrogens with zero attached hydrogens (tertiary/aromatic N) is 1. The lowest BCUT2D eigenvalue weighted by Crippen LogP contribution is -2.50. The third-order valence-electron chi connectivity index (χ3n) is 6.11. The summed E-state index contributed by atoms with van der Waals surface area (Å²) in [6, 6.07) is 20.9. The van der Waals surface area contributed by atoms with E-state index in [9.17, 15) is 29.5 Å². The second kappa shape index (κ2) is 15.2. The summed E-state index contributed by atoms with van der Waals surface area (Å²) >= 11 is 1.27. The molecule has 1 unspecified atom stereocenters. The first-order valence-corrected chi connectivity index (χ1v) is 13.8. The molecule has 0 spiro atoms. The number of carboxylic acid groups (broad SMARTS) is 2. The molecule has 0 aliphatic heterocycles. The van der Waals surface area contributed by atoms with Crippen LogP contribution < -0.4 is 16.4 Å². The average molecular weight is 576 g/mol. The maximum Gasteiger partial charge on any atom is 0.330 e. The highest BCUT2D eigenvalue weighted by Gasteiger charge is 2.28. The van der Waals surface area contributed by atoms with Gasteiger partial charge in [0.05, 0.1) is 11.6 Å². The number of carbonyl (C=O) groups excluding carboxylic acids is 2. The minimum atomic E-state index is -1.40. The van der Waals surface area contributed by atoms with E-state index in [-0.39, 0.29) is 18.6 Å². The lowest BCUT2D eigenvalue weighted by atomic mass is 10.00. The summed E-state index contributed by atoms with van der Waals surface area (Å²) in [5, 5.41) is 31.0. The molecule has 3 aromatic rings. The normalized spacial score (nSPS) is 13.1. The number of thioether (sulfide) groups is 1. The molecule has 0 radical (unpaired) electrons. The van der Waals surface area contributed by atoms with Gasteiger partial charge in [-0.2, -0.15) is 17.0 Å². The van der Waals surface area contributed by atoms with E-state index < -0.39 is 41.9 Å². The maximum absolute atomic E-state index is 13.3. The van der Waals surface area contributed by atoms with Crippen molar-refractivity contribution in [3.63, 3.8) is 0 Å². The number of carboxylic acids is 2. The fourth-order valence-corrected chi connectivity index (χ4v) is 4.88. The Labute approximate surface area is 243 Å². The van der Waals surface area contributed by atoms with Crippen LogP contribution >= 0.6 is 11.8 Å². The van der Waals surface area contributed by atoms with Gasteiger partial charge in [0.25, 0.3) is 0 Å². The Morgan fingerprint density at radius 3 is 2.24 bits per heavy atom. The van der Waals surface area contributed by atoms with Crippen molar-refractivity contribution >= 4 is 35.5 Å². The van der Waals surface area contributed by atoms with E-state index >= 15 is 0 Å². The lowest BCUT2D eigenvalue weighted by molar-refractivity contribution is -0.142. The minimum Gasteiger partial charge on any atom is -0.480 e. The van der Waals surface area contributed by atoms with Gasteiger partial charge in [-0.15, -0.1) is 0 Å². The molecule has 0 saturated heterocycles. The summed E-state index contributed by atoms with van der Waals surface area (Å²) in [4.78, 5) is 49.0. The van der Waals surface area contributed by atoms with Gasteiger partial charge in [-0.3, -0.25) is 14.4 Å². The van der Waals surface area contributed by atoms with Crippen molar-refractivity contribution in [1.29, 1.82) is 5.26 Å². The van der Waals surface area contributed by atoms with Gasteiger partial charge in [-0.05, 0) is 34.7 Å². The minimum absolute atomic E-state index is 0.0355. The smallest absolute Gasteiger partial charge is 0.330 e. The third kappa shape index (κ3) is 9.20. The largest absolute Gasteiger partial charge is 0.480 e. The van der Waals surface area contributed by atoms with E-state index in [1.165, 1.54) is 11.8 Å². The van der Waals surface area contributed by atoms with Gasteiger partial charge in [0.15, 0.2) is 7.45 Å². The number of nitriles is 1. The van der Waals surface area contributed by atoms with Crippen LogP contribution in [0.2, 0.25) is 1.41 Å². The number of amides is 2. The Kier molecular flexibility index (Phi) is 10.9. The molecule has 6 N–H and O–H groups in total. The Morgan fingerprint density at radius 1 is 0.951 bits per heavy atom. The number of nitrogens with two attached hydrogens (primary N) is 1. The predicted molar refractivity (Wildman–Crippen MR) is 154 cm³/mol. The van der Waals surface area contributed by atoms with Crippen molar-refractivity contribution in [2.75, 3.05) is 5.75 Å². The first kappa shape index (κ1) is 29.3. The molecule has 0 aromatic heterocycles. The highest BCUT2D eigenvalue weighted by molar-refractivity contribution is 7.98. The maximum atomic E-state index is 13.3.